The van der Waals surface area contributed by atoms with Crippen LogP contribution in [0.25, 0.3) is 0 Å². The maximum Gasteiger partial charge on any atom is 0.128 e. The van der Waals surface area contributed by atoms with Crippen LogP contribution >= 0.6 is 50.7 Å². The van der Waals surface area contributed by atoms with E-state index in [0.29, 0.717) is 21.2 Å². The van der Waals surface area contributed by atoms with Crippen molar-refractivity contribution in [3.05, 3.63) is 67.9 Å². The molecule has 0 N–H and O–H groups in total. The zero-order valence-corrected chi connectivity index (χ0v) is 12.8. The fraction of sp³-hybridized carbons (Fsp3) is 0.0769. The Balaban J connectivity index is 2.44. The van der Waals surface area contributed by atoms with E-state index in [0.717, 1.165) is 4.47 Å². The summed E-state index contributed by atoms with van der Waals surface area (Å²) < 4.78 is 14.5. The van der Waals surface area contributed by atoms with E-state index in [-0.39, 0.29) is 5.82 Å². The number of hydrogen-bond acceptors (Lipinski definition) is 0. The first-order valence-corrected chi connectivity index (χ1v) is 7.01. The number of benzene rings is 2. The van der Waals surface area contributed by atoms with Crippen molar-refractivity contribution in [2.24, 2.45) is 0 Å². The minimum Gasteiger partial charge on any atom is -0.207 e. The molecule has 1 atom stereocenters. The zero-order chi connectivity index (χ0) is 13.3. The maximum absolute atomic E-state index is 13.7. The Kier molecular flexibility index (Phi) is 4.54. The number of hydrogen-bond donors (Lipinski definition) is 0. The lowest BCUT2D eigenvalue weighted by atomic mass is 10.0. The molecule has 0 saturated carbocycles. The van der Waals surface area contributed by atoms with Crippen molar-refractivity contribution in [1.29, 1.82) is 0 Å². The Labute approximate surface area is 128 Å². The van der Waals surface area contributed by atoms with Crippen molar-refractivity contribution in [3.8, 4) is 0 Å². The minimum absolute atomic E-state index is 0.357. The van der Waals surface area contributed by atoms with Crippen LogP contribution in [0, 0.1) is 5.82 Å². The van der Waals surface area contributed by atoms with Gasteiger partial charge in [0.2, 0.25) is 0 Å². The highest BCUT2D eigenvalue weighted by molar-refractivity contribution is 9.10. The molecule has 0 aliphatic carbocycles. The van der Waals surface area contributed by atoms with Crippen LogP contribution in [0.2, 0.25) is 10.0 Å². The van der Waals surface area contributed by atoms with Crippen molar-refractivity contribution in [2.45, 2.75) is 5.38 Å². The van der Waals surface area contributed by atoms with E-state index < -0.39 is 5.38 Å². The summed E-state index contributed by atoms with van der Waals surface area (Å²) in [4.78, 5) is 0. The molecule has 5 heteroatoms. The van der Waals surface area contributed by atoms with E-state index in [4.69, 9.17) is 34.8 Å². The minimum atomic E-state index is -0.614. The molecule has 0 fully saturated rings. The van der Waals surface area contributed by atoms with E-state index in [1.54, 1.807) is 30.3 Å². The highest BCUT2D eigenvalue weighted by Gasteiger charge is 2.16. The van der Waals surface area contributed by atoms with Gasteiger partial charge in [0.1, 0.15) is 5.82 Å². The molecule has 1 unspecified atom stereocenters. The number of rotatable bonds is 2. The Morgan fingerprint density at radius 2 is 1.72 bits per heavy atom. The van der Waals surface area contributed by atoms with Gasteiger partial charge in [-0.15, -0.1) is 11.6 Å². The molecule has 0 spiro atoms. The first-order chi connectivity index (χ1) is 8.49. The average Bonchev–Trinajstić information content (AvgIpc) is 2.35. The monoisotopic (exact) mass is 366 g/mol. The van der Waals surface area contributed by atoms with Gasteiger partial charge in [-0.2, -0.15) is 0 Å². The highest BCUT2D eigenvalue weighted by atomic mass is 79.9. The summed E-state index contributed by atoms with van der Waals surface area (Å²) in [7, 11) is 0. The second kappa shape index (κ2) is 5.79. The van der Waals surface area contributed by atoms with Crippen molar-refractivity contribution in [3.63, 3.8) is 0 Å². The molecule has 0 aromatic heterocycles. The van der Waals surface area contributed by atoms with Gasteiger partial charge in [-0.1, -0.05) is 45.2 Å². The van der Waals surface area contributed by atoms with Gasteiger partial charge >= 0.3 is 0 Å². The van der Waals surface area contributed by atoms with Gasteiger partial charge in [0.05, 0.1) is 15.4 Å². The van der Waals surface area contributed by atoms with Gasteiger partial charge in [-0.3, -0.25) is 0 Å². The molecule has 2 rings (SSSR count). The van der Waals surface area contributed by atoms with E-state index >= 15 is 0 Å². The lowest BCUT2D eigenvalue weighted by Gasteiger charge is -2.12. The lowest BCUT2D eigenvalue weighted by Crippen LogP contribution is -1.97. The molecule has 0 aliphatic heterocycles. The first-order valence-electron chi connectivity index (χ1n) is 5.03. The molecule has 0 aliphatic rings. The third kappa shape index (κ3) is 3.00. The summed E-state index contributed by atoms with van der Waals surface area (Å²) in [6.45, 7) is 0. The summed E-state index contributed by atoms with van der Waals surface area (Å²) in [5.41, 5.74) is 1.09. The third-order valence-corrected chi connectivity index (χ3v) is 4.19. The van der Waals surface area contributed by atoms with Crippen molar-refractivity contribution < 1.29 is 4.39 Å². The zero-order valence-electron chi connectivity index (χ0n) is 8.93. The smallest absolute Gasteiger partial charge is 0.128 e. The summed E-state index contributed by atoms with van der Waals surface area (Å²) in [6, 6.07) is 9.65. The Morgan fingerprint density at radius 3 is 2.39 bits per heavy atom. The fourth-order valence-corrected chi connectivity index (χ4v) is 2.55. The van der Waals surface area contributed by atoms with Gasteiger partial charge in [-0.25, -0.2) is 4.39 Å². The fourth-order valence-electron chi connectivity index (χ4n) is 1.56. The standard InChI is InChI=1S/C13H7BrCl3F/c14-8-2-4-12(18)9(6-8)13(17)7-1-3-10(15)11(16)5-7/h1-6,13H. The molecule has 0 nitrogen and oxygen atoms in total. The molecule has 0 bridgehead atoms. The van der Waals surface area contributed by atoms with Crippen LogP contribution in [-0.4, -0.2) is 0 Å². The third-order valence-electron chi connectivity index (χ3n) is 2.47. The predicted octanol–water partition coefficient (Wildman–Crippen LogP) is 6.22. The van der Waals surface area contributed by atoms with E-state index in [9.17, 15) is 4.39 Å². The van der Waals surface area contributed by atoms with Crippen LogP contribution in [-0.2, 0) is 0 Å². The quantitative estimate of drug-likeness (QED) is 0.552. The summed E-state index contributed by atoms with van der Waals surface area (Å²) in [6.07, 6.45) is 0. The Morgan fingerprint density at radius 1 is 1.00 bits per heavy atom. The van der Waals surface area contributed by atoms with E-state index in [1.165, 1.54) is 6.07 Å². The van der Waals surface area contributed by atoms with Gasteiger partial charge < -0.3 is 0 Å². The van der Waals surface area contributed by atoms with Gasteiger partial charge in [0.25, 0.3) is 0 Å². The van der Waals surface area contributed by atoms with Crippen molar-refractivity contribution in [2.75, 3.05) is 0 Å². The molecule has 0 saturated heterocycles. The van der Waals surface area contributed by atoms with E-state index in [1.807, 2.05) is 0 Å². The van der Waals surface area contributed by atoms with Crippen LogP contribution < -0.4 is 0 Å². The number of alkyl halides is 1. The second-order valence-electron chi connectivity index (χ2n) is 3.70. The average molecular weight is 368 g/mol. The maximum atomic E-state index is 13.7. The van der Waals surface area contributed by atoms with Gasteiger partial charge in [0, 0.05) is 10.0 Å². The van der Waals surface area contributed by atoms with Crippen LogP contribution in [0.3, 0.4) is 0 Å². The highest BCUT2D eigenvalue weighted by Crippen LogP contribution is 2.35. The molecule has 94 valence electrons. The van der Waals surface area contributed by atoms with Crippen molar-refractivity contribution in [1.82, 2.24) is 0 Å². The Bertz CT molecular complexity index is 586. The topological polar surface area (TPSA) is 0 Å². The van der Waals surface area contributed by atoms with Gasteiger partial charge in [-0.05, 0) is 35.9 Å². The molecular weight excluding hydrogens is 361 g/mol. The van der Waals surface area contributed by atoms with Crippen LogP contribution in [0.4, 0.5) is 4.39 Å². The molecular formula is C13H7BrCl3F. The lowest BCUT2D eigenvalue weighted by molar-refractivity contribution is 0.612. The first kappa shape index (κ1) is 14.1. The van der Waals surface area contributed by atoms with Crippen molar-refractivity contribution >= 4 is 50.7 Å². The molecule has 18 heavy (non-hydrogen) atoms. The van der Waals surface area contributed by atoms with Crippen LogP contribution in [0.1, 0.15) is 16.5 Å². The van der Waals surface area contributed by atoms with Crippen LogP contribution in [0.5, 0.6) is 0 Å². The van der Waals surface area contributed by atoms with Crippen LogP contribution in [0.15, 0.2) is 40.9 Å². The number of halogens is 5. The Hall–Kier alpha value is -0.280. The largest absolute Gasteiger partial charge is 0.207 e. The second-order valence-corrected chi connectivity index (χ2v) is 5.87. The normalized spacial score (nSPS) is 12.5. The molecule has 0 heterocycles. The molecule has 0 radical (unpaired) electrons. The summed E-state index contributed by atoms with van der Waals surface area (Å²) in [5.74, 6) is -0.357. The summed E-state index contributed by atoms with van der Waals surface area (Å²) in [5, 5.41) is 0.228. The predicted molar refractivity (Wildman–Crippen MR) is 78.3 cm³/mol. The summed E-state index contributed by atoms with van der Waals surface area (Å²) >= 11 is 21.3. The molecule has 2 aromatic carbocycles. The molecule has 0 amide bonds. The SMILES string of the molecule is Fc1ccc(Br)cc1C(Cl)c1ccc(Cl)c(Cl)c1. The molecule has 2 aromatic rings. The van der Waals surface area contributed by atoms with Gasteiger partial charge in [0.15, 0.2) is 0 Å². The van der Waals surface area contributed by atoms with E-state index in [2.05, 4.69) is 15.9 Å².